The Morgan fingerprint density at radius 1 is 0.794 bits per heavy atom. The predicted molar refractivity (Wildman–Crippen MR) is 155 cm³/mol. The predicted octanol–water partition coefficient (Wildman–Crippen LogP) is 9.55. The Balaban J connectivity index is 1.95. The quantitative estimate of drug-likeness (QED) is 0.150. The molecular formula is C30H44O2S2. The molecule has 0 N–H and O–H groups in total. The summed E-state index contributed by atoms with van der Waals surface area (Å²) in [5.41, 5.74) is 3.57. The Bertz CT molecular complexity index is 803. The van der Waals surface area contributed by atoms with E-state index in [0.717, 1.165) is 22.6 Å². The minimum Gasteiger partial charge on any atom is -0.493 e. The third-order valence-electron chi connectivity index (χ3n) is 5.71. The van der Waals surface area contributed by atoms with Crippen LogP contribution < -0.4 is 9.47 Å². The normalized spacial score (nSPS) is 11.4. The van der Waals surface area contributed by atoms with Crippen LogP contribution in [0.15, 0.2) is 48.5 Å². The summed E-state index contributed by atoms with van der Waals surface area (Å²) in [4.78, 5) is 0. The SMILES string of the molecule is CCCCCCSC(/C=C/c1ccc(OCc2ccc(C)cc2)c(OC)c1)SCCCCCC. The zero-order valence-corrected chi connectivity index (χ0v) is 23.3. The molecule has 0 unspecified atom stereocenters. The van der Waals surface area contributed by atoms with Crippen molar-refractivity contribution in [1.29, 1.82) is 0 Å². The van der Waals surface area contributed by atoms with Crippen molar-refractivity contribution in [3.63, 3.8) is 0 Å². The molecule has 2 aromatic rings. The zero-order valence-electron chi connectivity index (χ0n) is 21.7. The van der Waals surface area contributed by atoms with Gasteiger partial charge in [-0.05, 0) is 54.5 Å². The molecule has 188 valence electrons. The summed E-state index contributed by atoms with van der Waals surface area (Å²) in [6.07, 6.45) is 15.3. The number of benzene rings is 2. The lowest BCUT2D eigenvalue weighted by Gasteiger charge is -2.13. The van der Waals surface area contributed by atoms with Gasteiger partial charge in [0.1, 0.15) is 6.61 Å². The Kier molecular flexibility index (Phi) is 15.1. The van der Waals surface area contributed by atoms with Crippen molar-refractivity contribution in [2.75, 3.05) is 18.6 Å². The molecule has 34 heavy (non-hydrogen) atoms. The molecule has 0 saturated heterocycles. The van der Waals surface area contributed by atoms with E-state index in [4.69, 9.17) is 9.47 Å². The van der Waals surface area contributed by atoms with Gasteiger partial charge in [-0.15, -0.1) is 23.5 Å². The first-order valence-electron chi connectivity index (χ1n) is 12.9. The molecule has 0 bridgehead atoms. The molecule has 0 fully saturated rings. The van der Waals surface area contributed by atoms with Gasteiger partial charge in [-0.2, -0.15) is 0 Å². The van der Waals surface area contributed by atoms with Crippen LogP contribution in [0.2, 0.25) is 0 Å². The van der Waals surface area contributed by atoms with E-state index < -0.39 is 0 Å². The molecule has 0 aliphatic rings. The maximum Gasteiger partial charge on any atom is 0.161 e. The molecule has 2 nitrogen and oxygen atoms in total. The van der Waals surface area contributed by atoms with Gasteiger partial charge < -0.3 is 9.47 Å². The Morgan fingerprint density at radius 2 is 1.44 bits per heavy atom. The van der Waals surface area contributed by atoms with E-state index in [9.17, 15) is 0 Å². The van der Waals surface area contributed by atoms with Crippen LogP contribution >= 0.6 is 23.5 Å². The van der Waals surface area contributed by atoms with Gasteiger partial charge in [-0.3, -0.25) is 0 Å². The van der Waals surface area contributed by atoms with E-state index in [2.05, 4.69) is 92.8 Å². The number of hydrogen-bond donors (Lipinski definition) is 0. The largest absolute Gasteiger partial charge is 0.493 e. The minimum atomic E-state index is 0.506. The van der Waals surface area contributed by atoms with Gasteiger partial charge in [0.2, 0.25) is 0 Å². The summed E-state index contributed by atoms with van der Waals surface area (Å²) in [6, 6.07) is 14.7. The summed E-state index contributed by atoms with van der Waals surface area (Å²) in [5.74, 6) is 4.05. The first-order valence-corrected chi connectivity index (χ1v) is 15.0. The van der Waals surface area contributed by atoms with Crippen molar-refractivity contribution in [1.82, 2.24) is 0 Å². The van der Waals surface area contributed by atoms with Crippen LogP contribution in [0.5, 0.6) is 11.5 Å². The molecule has 0 aliphatic carbocycles. The average molecular weight is 501 g/mol. The number of aryl methyl sites for hydroxylation is 1. The lowest BCUT2D eigenvalue weighted by molar-refractivity contribution is 0.284. The van der Waals surface area contributed by atoms with E-state index in [1.54, 1.807) is 7.11 Å². The number of hydrogen-bond acceptors (Lipinski definition) is 4. The smallest absolute Gasteiger partial charge is 0.161 e. The lowest BCUT2D eigenvalue weighted by Crippen LogP contribution is -1.98. The summed E-state index contributed by atoms with van der Waals surface area (Å²) < 4.78 is 12.2. The number of rotatable bonds is 18. The van der Waals surface area contributed by atoms with Crippen molar-refractivity contribution in [3.8, 4) is 11.5 Å². The van der Waals surface area contributed by atoms with Gasteiger partial charge in [0.25, 0.3) is 0 Å². The minimum absolute atomic E-state index is 0.506. The van der Waals surface area contributed by atoms with Crippen LogP contribution in [0.1, 0.15) is 81.9 Å². The number of thioether (sulfide) groups is 2. The molecule has 0 spiro atoms. The second-order valence-corrected chi connectivity index (χ2v) is 11.6. The molecule has 0 amide bonds. The van der Waals surface area contributed by atoms with Gasteiger partial charge in [-0.25, -0.2) is 0 Å². The van der Waals surface area contributed by atoms with Gasteiger partial charge in [0.15, 0.2) is 11.5 Å². The van der Waals surface area contributed by atoms with E-state index in [1.807, 2.05) is 6.07 Å². The Hall–Kier alpha value is -1.52. The Morgan fingerprint density at radius 3 is 2.03 bits per heavy atom. The van der Waals surface area contributed by atoms with E-state index in [-0.39, 0.29) is 0 Å². The zero-order chi connectivity index (χ0) is 24.4. The van der Waals surface area contributed by atoms with Crippen LogP contribution in [-0.2, 0) is 6.61 Å². The van der Waals surface area contributed by atoms with Gasteiger partial charge in [0, 0.05) is 0 Å². The molecule has 0 radical (unpaired) electrons. The van der Waals surface area contributed by atoms with E-state index in [1.165, 1.54) is 68.4 Å². The van der Waals surface area contributed by atoms with Crippen molar-refractivity contribution < 1.29 is 9.47 Å². The van der Waals surface area contributed by atoms with Crippen molar-refractivity contribution in [2.45, 2.75) is 83.3 Å². The highest BCUT2D eigenvalue weighted by molar-refractivity contribution is 8.17. The second-order valence-electron chi connectivity index (χ2n) is 8.77. The fraction of sp³-hybridized carbons (Fsp3) is 0.533. The fourth-order valence-electron chi connectivity index (χ4n) is 3.56. The van der Waals surface area contributed by atoms with Gasteiger partial charge in [0.05, 0.1) is 11.7 Å². The molecule has 2 aromatic carbocycles. The van der Waals surface area contributed by atoms with E-state index >= 15 is 0 Å². The van der Waals surface area contributed by atoms with Crippen LogP contribution in [0.25, 0.3) is 6.08 Å². The first-order chi connectivity index (χ1) is 16.7. The highest BCUT2D eigenvalue weighted by atomic mass is 32.2. The highest BCUT2D eigenvalue weighted by Crippen LogP contribution is 2.31. The maximum atomic E-state index is 6.05. The third-order valence-corrected chi connectivity index (χ3v) is 8.55. The van der Waals surface area contributed by atoms with Crippen molar-refractivity contribution in [2.24, 2.45) is 0 Å². The summed E-state index contributed by atoms with van der Waals surface area (Å²) in [6.45, 7) is 7.19. The first kappa shape index (κ1) is 28.7. The lowest BCUT2D eigenvalue weighted by atomic mass is 10.1. The van der Waals surface area contributed by atoms with E-state index in [0.29, 0.717) is 11.2 Å². The third kappa shape index (κ3) is 11.8. The maximum absolute atomic E-state index is 6.05. The number of unbranched alkanes of at least 4 members (excludes halogenated alkanes) is 6. The number of methoxy groups -OCH3 is 1. The summed E-state index contributed by atoms with van der Waals surface area (Å²) in [5, 5.41) is 0. The molecule has 0 aromatic heterocycles. The average Bonchev–Trinajstić information content (AvgIpc) is 2.86. The van der Waals surface area contributed by atoms with Crippen LogP contribution in [0.3, 0.4) is 0 Å². The molecule has 0 atom stereocenters. The monoisotopic (exact) mass is 500 g/mol. The van der Waals surface area contributed by atoms with Crippen LogP contribution in [0.4, 0.5) is 0 Å². The summed E-state index contributed by atoms with van der Waals surface area (Å²) in [7, 11) is 1.71. The van der Waals surface area contributed by atoms with Crippen LogP contribution in [-0.4, -0.2) is 23.2 Å². The van der Waals surface area contributed by atoms with Gasteiger partial charge in [-0.1, -0.05) is 100 Å². The molecule has 2 rings (SSSR count). The highest BCUT2D eigenvalue weighted by Gasteiger charge is 2.08. The van der Waals surface area contributed by atoms with Crippen LogP contribution in [0, 0.1) is 6.92 Å². The Labute approximate surface area is 217 Å². The molecule has 0 aliphatic heterocycles. The van der Waals surface area contributed by atoms with Crippen molar-refractivity contribution >= 4 is 29.6 Å². The second kappa shape index (κ2) is 17.8. The number of ether oxygens (including phenoxy) is 2. The standard InChI is InChI=1S/C30H44O2S2/c1-5-7-9-11-21-33-30(34-22-12-10-8-6-2)20-18-26-17-19-28(29(23-26)31-4)32-24-27-15-13-25(3)14-16-27/h13-20,23,30H,5-12,21-22,24H2,1-4H3/b20-18+. The summed E-state index contributed by atoms with van der Waals surface area (Å²) >= 11 is 4.19. The topological polar surface area (TPSA) is 18.5 Å². The van der Waals surface area contributed by atoms with Gasteiger partial charge >= 0.3 is 0 Å². The molecular weight excluding hydrogens is 456 g/mol. The molecule has 0 heterocycles. The van der Waals surface area contributed by atoms with Crippen molar-refractivity contribution in [3.05, 3.63) is 65.2 Å². The fourth-order valence-corrected chi connectivity index (χ4v) is 6.11. The molecule has 0 saturated carbocycles. The molecule has 4 heteroatoms.